The number of rotatable bonds is 8. The molecule has 0 unspecified atom stereocenters. The molecule has 16 aromatic carbocycles. The third kappa shape index (κ3) is 6.00. The molecule has 0 aliphatic heterocycles. The number of hydrogen-bond donors (Lipinski definition) is 0. The lowest BCUT2D eigenvalue weighted by atomic mass is 9.83. The molecular formula is C78H48O4. The van der Waals surface area contributed by atoms with Crippen LogP contribution in [0.15, 0.2) is 218 Å². The van der Waals surface area contributed by atoms with Crippen molar-refractivity contribution in [2.75, 3.05) is 28.4 Å². The van der Waals surface area contributed by atoms with Gasteiger partial charge >= 0.3 is 0 Å². The van der Waals surface area contributed by atoms with E-state index in [4.69, 9.17) is 18.9 Å². The van der Waals surface area contributed by atoms with E-state index < -0.39 is 0 Å². The molecule has 2 aliphatic rings. The Labute approximate surface area is 472 Å². The van der Waals surface area contributed by atoms with Crippen LogP contribution in [0.3, 0.4) is 0 Å². The molecule has 0 spiro atoms. The SMILES string of the molecule is COc1ccc(-c2ccc(-c3ccc(OC)cc3)c3cc4c(cc23)-c2ccc3c5ccc6c7ccc8c9c(ccc(c%10ccc(c%11ccc-4c2c3%11)c5c6%10)c97)-c2cc3c(-c4ccc(OC)cc4)ccc(-c4ccc(OC)cc4)c3cc2-8)cc1. The fourth-order valence-electron chi connectivity index (χ4n) is 14.9. The van der Waals surface area contributed by atoms with E-state index in [1.807, 2.05) is 0 Å². The number of fused-ring (bicyclic) bond motifs is 12. The average Bonchev–Trinajstić information content (AvgIpc) is 1.65. The molecule has 0 heterocycles. The second kappa shape index (κ2) is 16.6. The van der Waals surface area contributed by atoms with E-state index in [0.717, 1.165) is 45.3 Å². The van der Waals surface area contributed by atoms with Crippen LogP contribution in [0.25, 0.3) is 186 Å². The Balaban J connectivity index is 0.835. The Morgan fingerprint density at radius 3 is 0.549 bits per heavy atom. The molecule has 0 amide bonds. The van der Waals surface area contributed by atoms with E-state index in [0.29, 0.717) is 0 Å². The van der Waals surface area contributed by atoms with Gasteiger partial charge < -0.3 is 18.9 Å². The number of hydrogen-bond acceptors (Lipinski definition) is 4. The zero-order valence-corrected chi connectivity index (χ0v) is 45.4. The maximum Gasteiger partial charge on any atom is 0.118 e. The molecule has 82 heavy (non-hydrogen) atoms. The lowest BCUT2D eigenvalue weighted by Crippen LogP contribution is -1.92. The van der Waals surface area contributed by atoms with Crippen molar-refractivity contribution in [3.8, 4) is 112 Å². The standard InChI is InChI=1S/C78H48O4/c1-79-45-13-5-41(6-14-45)49-21-22-50(42-7-15-46(80-2)16-8-42)66-38-70-62-34-30-58-54-26-28-56-60-32-36-64-72-40-68-52(44-11-19-48(82-4)20-12-44)24-23-51(43-9-17-47(81-3)18-10-43)67(68)39-71(72)63-35-31-59(76(60)78(63)64)55-27-25-53(73(54)74(55)56)57-29-33-61(77(62)75(57)58)69(70)37-65(49)66/h5-40H,1-4H3. The summed E-state index contributed by atoms with van der Waals surface area (Å²) in [5.41, 5.74) is 19.6. The summed E-state index contributed by atoms with van der Waals surface area (Å²) in [6, 6.07) is 81.8. The summed E-state index contributed by atoms with van der Waals surface area (Å²) < 4.78 is 22.3. The molecule has 18 rings (SSSR count). The largest absolute Gasteiger partial charge is 0.497 e. The van der Waals surface area contributed by atoms with Gasteiger partial charge in [-0.2, -0.15) is 0 Å². The van der Waals surface area contributed by atoms with Gasteiger partial charge in [0.05, 0.1) is 28.4 Å². The summed E-state index contributed by atoms with van der Waals surface area (Å²) in [6.45, 7) is 0. The van der Waals surface area contributed by atoms with Gasteiger partial charge in [0.25, 0.3) is 0 Å². The molecule has 0 N–H and O–H groups in total. The minimum absolute atomic E-state index is 0.845. The van der Waals surface area contributed by atoms with E-state index >= 15 is 0 Å². The molecule has 0 fully saturated rings. The van der Waals surface area contributed by atoms with Gasteiger partial charge in [-0.3, -0.25) is 0 Å². The lowest BCUT2D eigenvalue weighted by molar-refractivity contribution is 0.415. The van der Waals surface area contributed by atoms with Crippen LogP contribution in [0, 0.1) is 0 Å². The van der Waals surface area contributed by atoms with Crippen LogP contribution < -0.4 is 18.9 Å². The topological polar surface area (TPSA) is 36.9 Å². The molecule has 0 bridgehead atoms. The maximum absolute atomic E-state index is 5.59. The first kappa shape index (κ1) is 45.4. The summed E-state index contributed by atoms with van der Waals surface area (Å²) in [5, 5.41) is 23.3. The van der Waals surface area contributed by atoms with Crippen LogP contribution in [0.4, 0.5) is 0 Å². The molecule has 384 valence electrons. The number of methoxy groups -OCH3 is 4. The van der Waals surface area contributed by atoms with Crippen LogP contribution in [0.5, 0.6) is 23.0 Å². The predicted molar refractivity (Wildman–Crippen MR) is 343 cm³/mol. The van der Waals surface area contributed by atoms with Crippen LogP contribution >= 0.6 is 0 Å². The Kier molecular flexibility index (Phi) is 9.19. The molecule has 0 aromatic heterocycles. The summed E-state index contributed by atoms with van der Waals surface area (Å²) in [7, 11) is 6.89. The molecule has 4 heteroatoms. The van der Waals surface area contributed by atoms with Crippen LogP contribution in [-0.4, -0.2) is 28.4 Å². The van der Waals surface area contributed by atoms with Crippen LogP contribution in [0.1, 0.15) is 0 Å². The first-order chi connectivity index (χ1) is 40.5. The second-order valence-electron chi connectivity index (χ2n) is 22.3. The Bertz CT molecular complexity index is 4780. The molecular weight excluding hydrogens is 1000 g/mol. The van der Waals surface area contributed by atoms with Gasteiger partial charge in [-0.15, -0.1) is 0 Å². The Morgan fingerprint density at radius 2 is 0.341 bits per heavy atom. The maximum atomic E-state index is 5.59. The van der Waals surface area contributed by atoms with Gasteiger partial charge in [-0.25, -0.2) is 0 Å². The molecule has 4 nitrogen and oxygen atoms in total. The Hall–Kier alpha value is -10.4. The third-order valence-corrected chi connectivity index (χ3v) is 18.7. The van der Waals surface area contributed by atoms with Gasteiger partial charge in [-0.05, 0) is 259 Å². The van der Waals surface area contributed by atoms with Crippen molar-refractivity contribution in [2.45, 2.75) is 0 Å². The molecule has 0 saturated carbocycles. The highest BCUT2D eigenvalue weighted by Gasteiger charge is 2.30. The molecule has 0 saturated heterocycles. The Morgan fingerprint density at radius 1 is 0.159 bits per heavy atom. The van der Waals surface area contributed by atoms with Crippen LogP contribution in [0.2, 0.25) is 0 Å². The summed E-state index contributed by atoms with van der Waals surface area (Å²) >= 11 is 0. The zero-order valence-electron chi connectivity index (χ0n) is 45.4. The highest BCUT2D eigenvalue weighted by Crippen LogP contribution is 2.58. The third-order valence-electron chi connectivity index (χ3n) is 18.7. The summed E-state index contributed by atoms with van der Waals surface area (Å²) in [5.74, 6) is 3.38. The van der Waals surface area contributed by atoms with Crippen molar-refractivity contribution in [1.82, 2.24) is 0 Å². The van der Waals surface area contributed by atoms with Gasteiger partial charge in [0.15, 0.2) is 0 Å². The second-order valence-corrected chi connectivity index (χ2v) is 22.3. The van der Waals surface area contributed by atoms with Crippen molar-refractivity contribution in [1.29, 1.82) is 0 Å². The molecule has 2 aliphatic carbocycles. The molecule has 0 radical (unpaired) electrons. The van der Waals surface area contributed by atoms with Crippen molar-refractivity contribution in [3.63, 3.8) is 0 Å². The number of benzene rings is 16. The first-order valence-electron chi connectivity index (χ1n) is 28.1. The van der Waals surface area contributed by atoms with E-state index in [-0.39, 0.29) is 0 Å². The van der Waals surface area contributed by atoms with Crippen molar-refractivity contribution < 1.29 is 18.9 Å². The average molecular weight is 1050 g/mol. The van der Waals surface area contributed by atoms with E-state index in [2.05, 4.69) is 218 Å². The fourth-order valence-corrected chi connectivity index (χ4v) is 14.9. The van der Waals surface area contributed by atoms with Gasteiger partial charge in [0.2, 0.25) is 0 Å². The van der Waals surface area contributed by atoms with Crippen molar-refractivity contribution in [3.05, 3.63) is 218 Å². The lowest BCUT2D eigenvalue weighted by Gasteiger charge is -2.20. The summed E-state index contributed by atoms with van der Waals surface area (Å²) in [4.78, 5) is 0. The van der Waals surface area contributed by atoms with Gasteiger partial charge in [-0.1, -0.05) is 146 Å². The van der Waals surface area contributed by atoms with Crippen LogP contribution in [-0.2, 0) is 0 Å². The van der Waals surface area contributed by atoms with E-state index in [9.17, 15) is 0 Å². The fraction of sp³-hybridized carbons (Fsp3) is 0.0513. The van der Waals surface area contributed by atoms with Gasteiger partial charge in [0, 0.05) is 0 Å². The minimum Gasteiger partial charge on any atom is -0.497 e. The monoisotopic (exact) mass is 1050 g/mol. The van der Waals surface area contributed by atoms with Crippen molar-refractivity contribution in [2.24, 2.45) is 0 Å². The summed E-state index contributed by atoms with van der Waals surface area (Å²) in [6.07, 6.45) is 0. The smallest absolute Gasteiger partial charge is 0.118 e. The first-order valence-corrected chi connectivity index (χ1v) is 28.1. The molecule has 0 atom stereocenters. The minimum atomic E-state index is 0.845. The van der Waals surface area contributed by atoms with E-state index in [1.54, 1.807) is 28.4 Å². The highest BCUT2D eigenvalue weighted by atomic mass is 16.5. The predicted octanol–water partition coefficient (Wildman–Crippen LogP) is 20.9. The number of ether oxygens (including phenoxy) is 4. The highest BCUT2D eigenvalue weighted by molar-refractivity contribution is 6.45. The van der Waals surface area contributed by atoms with Gasteiger partial charge in [0.1, 0.15) is 23.0 Å². The normalized spacial score (nSPS) is 12.4. The molecule has 16 aromatic rings. The zero-order chi connectivity index (χ0) is 54.2. The van der Waals surface area contributed by atoms with E-state index in [1.165, 1.54) is 164 Å². The van der Waals surface area contributed by atoms with Crippen molar-refractivity contribution >= 4 is 97.0 Å². The quantitative estimate of drug-likeness (QED) is 0.112.